The van der Waals surface area contributed by atoms with Crippen molar-refractivity contribution in [3.8, 4) is 0 Å². The maximum absolute atomic E-state index is 10.8. The zero-order valence-corrected chi connectivity index (χ0v) is 11.3. The third kappa shape index (κ3) is 2.84. The zero-order chi connectivity index (χ0) is 14.7. The number of aromatic nitrogens is 1. The number of carbonyl (C=O) groups is 1. The monoisotopic (exact) mass is 278 g/mol. The van der Waals surface area contributed by atoms with Crippen LogP contribution in [-0.2, 0) is 6.54 Å². The Morgan fingerprint density at radius 3 is 2.57 bits per heavy atom. The molecule has 2 N–H and O–H groups in total. The second-order valence-electron chi connectivity index (χ2n) is 4.73. The lowest BCUT2D eigenvalue weighted by molar-refractivity contribution is 0.0697. The minimum absolute atomic E-state index is 0.285. The first-order chi connectivity index (χ1) is 10.2. The summed E-state index contributed by atoms with van der Waals surface area (Å²) in [7, 11) is 0. The second kappa shape index (κ2) is 5.63. The number of nitrogens with zero attached hydrogens (tertiary/aromatic N) is 1. The van der Waals surface area contributed by atoms with Gasteiger partial charge in [-0.1, -0.05) is 24.3 Å². The van der Waals surface area contributed by atoms with Gasteiger partial charge in [-0.2, -0.15) is 0 Å². The van der Waals surface area contributed by atoms with Crippen LogP contribution >= 0.6 is 0 Å². The normalized spacial score (nSPS) is 10.5. The van der Waals surface area contributed by atoms with E-state index in [2.05, 4.69) is 10.3 Å². The number of hydrogen-bond acceptors (Lipinski definition) is 3. The fourth-order valence-corrected chi connectivity index (χ4v) is 2.24. The second-order valence-corrected chi connectivity index (χ2v) is 4.73. The predicted molar refractivity (Wildman–Crippen MR) is 82.5 cm³/mol. The summed E-state index contributed by atoms with van der Waals surface area (Å²) >= 11 is 0. The molecule has 3 aromatic rings. The molecule has 0 fully saturated rings. The van der Waals surface area contributed by atoms with Crippen LogP contribution in [0.5, 0.6) is 0 Å². The van der Waals surface area contributed by atoms with Gasteiger partial charge in [-0.25, -0.2) is 4.79 Å². The van der Waals surface area contributed by atoms with Gasteiger partial charge in [0.1, 0.15) is 0 Å². The number of benzene rings is 2. The van der Waals surface area contributed by atoms with Gasteiger partial charge in [0.15, 0.2) is 0 Å². The molecule has 21 heavy (non-hydrogen) atoms. The summed E-state index contributed by atoms with van der Waals surface area (Å²) in [5.41, 5.74) is 3.25. The lowest BCUT2D eigenvalue weighted by Gasteiger charge is -2.09. The van der Waals surface area contributed by atoms with Crippen molar-refractivity contribution in [2.75, 3.05) is 5.32 Å². The largest absolute Gasteiger partial charge is 0.478 e. The summed E-state index contributed by atoms with van der Waals surface area (Å²) in [6.07, 6.45) is 1.79. The van der Waals surface area contributed by atoms with Gasteiger partial charge in [0.2, 0.25) is 0 Å². The van der Waals surface area contributed by atoms with Gasteiger partial charge in [-0.3, -0.25) is 4.98 Å². The number of rotatable bonds is 4. The Hall–Kier alpha value is -2.88. The van der Waals surface area contributed by atoms with Gasteiger partial charge >= 0.3 is 5.97 Å². The zero-order valence-electron chi connectivity index (χ0n) is 11.3. The van der Waals surface area contributed by atoms with Crippen LogP contribution in [0.2, 0.25) is 0 Å². The van der Waals surface area contributed by atoms with Gasteiger partial charge < -0.3 is 10.4 Å². The molecule has 0 bridgehead atoms. The van der Waals surface area contributed by atoms with E-state index in [9.17, 15) is 4.79 Å². The smallest absolute Gasteiger partial charge is 0.335 e. The van der Waals surface area contributed by atoms with Crippen molar-refractivity contribution in [2.45, 2.75) is 6.54 Å². The molecule has 1 aromatic heterocycles. The summed E-state index contributed by atoms with van der Waals surface area (Å²) in [5.74, 6) is -0.917. The minimum atomic E-state index is -0.917. The van der Waals surface area contributed by atoms with E-state index in [1.54, 1.807) is 30.5 Å². The Labute approximate surface area is 122 Å². The molecule has 104 valence electrons. The Balaban J connectivity index is 1.79. The molecule has 0 aliphatic heterocycles. The molecule has 0 radical (unpaired) electrons. The Bertz CT molecular complexity index is 777. The molecule has 3 rings (SSSR count). The molecular formula is C17H14N2O2. The van der Waals surface area contributed by atoms with E-state index in [0.29, 0.717) is 6.54 Å². The summed E-state index contributed by atoms with van der Waals surface area (Å²) in [4.78, 5) is 15.2. The fraction of sp³-hybridized carbons (Fsp3) is 0.0588. The van der Waals surface area contributed by atoms with Crippen molar-refractivity contribution in [1.29, 1.82) is 0 Å². The third-order valence-electron chi connectivity index (χ3n) is 3.33. The summed E-state index contributed by atoms with van der Waals surface area (Å²) in [6.45, 7) is 0.640. The highest BCUT2D eigenvalue weighted by Crippen LogP contribution is 2.18. The molecule has 4 heteroatoms. The third-order valence-corrected chi connectivity index (χ3v) is 3.33. The highest BCUT2D eigenvalue weighted by atomic mass is 16.4. The maximum Gasteiger partial charge on any atom is 0.335 e. The lowest BCUT2D eigenvalue weighted by atomic mass is 10.1. The van der Waals surface area contributed by atoms with E-state index in [4.69, 9.17) is 5.11 Å². The van der Waals surface area contributed by atoms with Crippen molar-refractivity contribution >= 4 is 22.6 Å². The molecule has 4 nitrogen and oxygen atoms in total. The van der Waals surface area contributed by atoms with Gasteiger partial charge in [0, 0.05) is 23.8 Å². The number of nitrogens with one attached hydrogen (secondary N) is 1. The Morgan fingerprint density at radius 1 is 1.05 bits per heavy atom. The number of aromatic carboxylic acids is 1. The highest BCUT2D eigenvalue weighted by Gasteiger charge is 2.03. The minimum Gasteiger partial charge on any atom is -0.478 e. The molecule has 0 aliphatic carbocycles. The van der Waals surface area contributed by atoms with Crippen molar-refractivity contribution in [1.82, 2.24) is 4.98 Å². The SMILES string of the molecule is O=C(O)c1ccc(NCc2cccc3cccnc23)cc1. The number of para-hydroxylation sites is 1. The van der Waals surface area contributed by atoms with E-state index in [1.807, 2.05) is 30.3 Å². The van der Waals surface area contributed by atoms with E-state index >= 15 is 0 Å². The van der Waals surface area contributed by atoms with Gasteiger partial charge in [0.25, 0.3) is 0 Å². The van der Waals surface area contributed by atoms with Crippen LogP contribution in [0.15, 0.2) is 60.8 Å². The van der Waals surface area contributed by atoms with Crippen LogP contribution < -0.4 is 5.32 Å². The molecule has 2 aromatic carbocycles. The van der Waals surface area contributed by atoms with Crippen LogP contribution in [0.3, 0.4) is 0 Å². The van der Waals surface area contributed by atoms with E-state index < -0.39 is 5.97 Å². The van der Waals surface area contributed by atoms with Crippen LogP contribution in [0.1, 0.15) is 15.9 Å². The topological polar surface area (TPSA) is 62.2 Å². The molecule has 0 atom stereocenters. The van der Waals surface area contributed by atoms with Crippen molar-refractivity contribution < 1.29 is 9.90 Å². The highest BCUT2D eigenvalue weighted by molar-refractivity contribution is 5.88. The number of anilines is 1. The van der Waals surface area contributed by atoms with Crippen LogP contribution in [0.4, 0.5) is 5.69 Å². The Kier molecular flexibility index (Phi) is 3.51. The standard InChI is InChI=1S/C17H14N2O2/c20-17(21)13-6-8-15(9-7-13)19-11-14-4-1-3-12-5-2-10-18-16(12)14/h1-10,19H,11H2,(H,20,21). The van der Waals surface area contributed by atoms with E-state index in [1.165, 1.54) is 0 Å². The van der Waals surface area contributed by atoms with Gasteiger partial charge in [0.05, 0.1) is 11.1 Å². The quantitative estimate of drug-likeness (QED) is 0.766. The number of carboxylic acids is 1. The maximum atomic E-state index is 10.8. The first kappa shape index (κ1) is 13.1. The number of carboxylic acid groups (broad SMARTS) is 1. The molecule has 0 saturated heterocycles. The average molecular weight is 278 g/mol. The molecule has 0 saturated carbocycles. The molecule has 0 unspecified atom stereocenters. The molecule has 1 heterocycles. The Morgan fingerprint density at radius 2 is 1.81 bits per heavy atom. The van der Waals surface area contributed by atoms with Gasteiger partial charge in [-0.15, -0.1) is 0 Å². The summed E-state index contributed by atoms with van der Waals surface area (Å²) in [6, 6.07) is 16.7. The predicted octanol–water partition coefficient (Wildman–Crippen LogP) is 3.55. The molecule has 0 amide bonds. The van der Waals surface area contributed by atoms with Crippen molar-refractivity contribution in [2.24, 2.45) is 0 Å². The first-order valence-corrected chi connectivity index (χ1v) is 6.64. The average Bonchev–Trinajstić information content (AvgIpc) is 2.53. The van der Waals surface area contributed by atoms with Crippen LogP contribution in [0.25, 0.3) is 10.9 Å². The number of fused-ring (bicyclic) bond motifs is 1. The first-order valence-electron chi connectivity index (χ1n) is 6.64. The summed E-state index contributed by atoms with van der Waals surface area (Å²) in [5, 5.41) is 13.3. The number of hydrogen-bond donors (Lipinski definition) is 2. The summed E-state index contributed by atoms with van der Waals surface area (Å²) < 4.78 is 0. The lowest BCUT2D eigenvalue weighted by Crippen LogP contribution is -2.02. The molecular weight excluding hydrogens is 264 g/mol. The number of pyridine rings is 1. The van der Waals surface area contributed by atoms with Gasteiger partial charge in [-0.05, 0) is 35.9 Å². The van der Waals surface area contributed by atoms with Crippen molar-refractivity contribution in [3.63, 3.8) is 0 Å². The van der Waals surface area contributed by atoms with E-state index in [-0.39, 0.29) is 5.56 Å². The molecule has 0 aliphatic rings. The van der Waals surface area contributed by atoms with Crippen LogP contribution in [0, 0.1) is 0 Å². The van der Waals surface area contributed by atoms with Crippen molar-refractivity contribution in [3.05, 3.63) is 71.9 Å². The van der Waals surface area contributed by atoms with Crippen LogP contribution in [-0.4, -0.2) is 16.1 Å². The fourth-order valence-electron chi connectivity index (χ4n) is 2.24. The van der Waals surface area contributed by atoms with E-state index in [0.717, 1.165) is 22.2 Å². The molecule has 0 spiro atoms.